The van der Waals surface area contributed by atoms with E-state index in [1.54, 1.807) is 23.5 Å². The van der Waals surface area contributed by atoms with Crippen molar-refractivity contribution in [3.8, 4) is 5.69 Å². The minimum atomic E-state index is -0.503. The van der Waals surface area contributed by atoms with Gasteiger partial charge >= 0.3 is 6.03 Å². The molecule has 2 fully saturated rings. The van der Waals surface area contributed by atoms with Gasteiger partial charge in [0.2, 0.25) is 5.16 Å². The number of urea groups is 1. The molecule has 3 aliphatic rings. The predicted octanol–water partition coefficient (Wildman–Crippen LogP) is 1.42. The summed E-state index contributed by atoms with van der Waals surface area (Å²) in [5, 5.41) is 15.3. The number of carbonyl (C=O) groups excluding carboxylic acids is 2. The molecule has 34 heavy (non-hydrogen) atoms. The summed E-state index contributed by atoms with van der Waals surface area (Å²) in [6.45, 7) is 4.75. The number of amides is 3. The number of benzene rings is 1. The van der Waals surface area contributed by atoms with E-state index in [1.165, 1.54) is 4.90 Å². The fraction of sp³-hybridized carbons (Fsp3) is 0.545. The van der Waals surface area contributed by atoms with Crippen LogP contribution >= 0.6 is 11.8 Å². The van der Waals surface area contributed by atoms with Gasteiger partial charge in [0, 0.05) is 32.4 Å². The van der Waals surface area contributed by atoms with Crippen molar-refractivity contribution in [2.45, 2.75) is 43.6 Å². The fourth-order valence-corrected chi connectivity index (χ4v) is 5.44. The lowest BCUT2D eigenvalue weighted by Gasteiger charge is -2.39. The van der Waals surface area contributed by atoms with Crippen LogP contribution in [0.5, 0.6) is 0 Å². The number of guanidine groups is 1. The molecule has 3 amide bonds. The van der Waals surface area contributed by atoms with Crippen LogP contribution < -0.4 is 5.32 Å². The zero-order chi connectivity index (χ0) is 23.7. The Bertz CT molecular complexity index is 1070. The molecule has 1 N–H and O–H groups in total. The topological polar surface area (TPSA) is 112 Å². The number of likely N-dealkylation sites (N-methyl/N-ethyl adjacent to an activating group) is 1. The maximum absolute atomic E-state index is 12.8. The second kappa shape index (κ2) is 9.61. The van der Waals surface area contributed by atoms with E-state index in [2.05, 4.69) is 37.6 Å². The van der Waals surface area contributed by atoms with E-state index in [-0.39, 0.29) is 5.91 Å². The lowest BCUT2D eigenvalue weighted by atomic mass is 9.99. The van der Waals surface area contributed by atoms with Crippen LogP contribution in [-0.2, 0) is 4.79 Å². The fourth-order valence-electron chi connectivity index (χ4n) is 4.62. The molecule has 180 valence electrons. The van der Waals surface area contributed by atoms with Crippen LogP contribution in [0.3, 0.4) is 0 Å². The second-order valence-corrected chi connectivity index (χ2v) is 10.0. The number of piperidine rings is 1. The molecule has 2 atom stereocenters. The SMILES string of the molecule is CC1CCN(C2=NC3C(C(=O)NC(=O)N3C)N2CCCSc2nnnn2-c2ccccc2)CC1. The molecule has 11 nitrogen and oxygen atoms in total. The summed E-state index contributed by atoms with van der Waals surface area (Å²) in [5.74, 6) is 2.02. The van der Waals surface area contributed by atoms with Gasteiger partial charge in [-0.1, -0.05) is 36.9 Å². The average molecular weight is 484 g/mol. The molecule has 5 rings (SSSR count). The van der Waals surface area contributed by atoms with Gasteiger partial charge in [0.05, 0.1) is 5.69 Å². The number of aliphatic imine (C=N–C) groups is 1. The predicted molar refractivity (Wildman–Crippen MR) is 127 cm³/mol. The van der Waals surface area contributed by atoms with Crippen LogP contribution in [-0.4, -0.2) is 97.4 Å². The van der Waals surface area contributed by atoms with Gasteiger partial charge in [0.25, 0.3) is 5.91 Å². The summed E-state index contributed by atoms with van der Waals surface area (Å²) < 4.78 is 1.73. The number of nitrogens with zero attached hydrogens (tertiary/aromatic N) is 8. The molecular formula is C22H29N9O2S. The van der Waals surface area contributed by atoms with E-state index in [9.17, 15) is 9.59 Å². The molecule has 0 aliphatic carbocycles. The highest BCUT2D eigenvalue weighted by atomic mass is 32.2. The summed E-state index contributed by atoms with van der Waals surface area (Å²) >= 11 is 1.58. The third kappa shape index (κ3) is 4.33. The van der Waals surface area contributed by atoms with Gasteiger partial charge in [0.15, 0.2) is 18.2 Å². The standard InChI is InChI=1S/C22H29N9O2S/c1-15-9-12-29(13-10-15)20-23-18-17(19(32)24-21(33)28(18)2)30(20)11-6-14-34-22-25-26-27-31(22)16-7-4-3-5-8-16/h3-5,7-8,15,17-18H,6,9-14H2,1-2H3,(H,24,32,33). The average Bonchev–Trinajstić information content (AvgIpc) is 3.47. The van der Waals surface area contributed by atoms with E-state index >= 15 is 0 Å². The Kier molecular flexibility index (Phi) is 6.40. The molecule has 1 aromatic carbocycles. The Hall–Kier alpha value is -3.15. The Morgan fingerprint density at radius 2 is 1.91 bits per heavy atom. The summed E-state index contributed by atoms with van der Waals surface area (Å²) in [7, 11) is 1.70. The van der Waals surface area contributed by atoms with Crippen LogP contribution in [0.1, 0.15) is 26.2 Å². The van der Waals surface area contributed by atoms with Crippen molar-refractivity contribution < 1.29 is 9.59 Å². The molecule has 2 saturated heterocycles. The smallest absolute Gasteiger partial charge is 0.325 e. The highest BCUT2D eigenvalue weighted by Gasteiger charge is 2.49. The minimum Gasteiger partial charge on any atom is -0.343 e. The molecule has 4 heterocycles. The number of hydrogen-bond donors (Lipinski definition) is 1. The van der Waals surface area contributed by atoms with E-state index in [1.807, 2.05) is 30.3 Å². The van der Waals surface area contributed by atoms with Crippen molar-refractivity contribution in [2.24, 2.45) is 10.9 Å². The van der Waals surface area contributed by atoms with Gasteiger partial charge in [-0.3, -0.25) is 10.1 Å². The number of nitrogens with one attached hydrogen (secondary N) is 1. The number of thioether (sulfide) groups is 1. The van der Waals surface area contributed by atoms with Gasteiger partial charge in [-0.2, -0.15) is 4.68 Å². The van der Waals surface area contributed by atoms with Crippen molar-refractivity contribution in [2.75, 3.05) is 32.4 Å². The number of rotatable bonds is 6. The highest BCUT2D eigenvalue weighted by Crippen LogP contribution is 2.28. The third-order valence-electron chi connectivity index (χ3n) is 6.62. The molecule has 3 aliphatic heterocycles. The number of imide groups is 1. The van der Waals surface area contributed by atoms with Gasteiger partial charge < -0.3 is 14.7 Å². The number of hydrogen-bond acceptors (Lipinski definition) is 9. The zero-order valence-electron chi connectivity index (χ0n) is 19.4. The van der Waals surface area contributed by atoms with Crippen LogP contribution in [0.25, 0.3) is 5.69 Å². The Morgan fingerprint density at radius 1 is 1.15 bits per heavy atom. The Balaban J connectivity index is 1.27. The largest absolute Gasteiger partial charge is 0.343 e. The number of aromatic nitrogens is 4. The van der Waals surface area contributed by atoms with Crippen molar-refractivity contribution in [3.63, 3.8) is 0 Å². The normalized spacial score (nSPS) is 23.2. The van der Waals surface area contributed by atoms with E-state index in [0.717, 1.165) is 54.9 Å². The lowest BCUT2D eigenvalue weighted by molar-refractivity contribution is -0.127. The monoisotopic (exact) mass is 483 g/mol. The zero-order valence-corrected chi connectivity index (χ0v) is 20.2. The minimum absolute atomic E-state index is 0.280. The number of likely N-dealkylation sites (tertiary alicyclic amines) is 1. The molecular weight excluding hydrogens is 454 g/mol. The summed E-state index contributed by atoms with van der Waals surface area (Å²) in [6.07, 6.45) is 2.51. The molecule has 0 bridgehead atoms. The van der Waals surface area contributed by atoms with Gasteiger partial charge in [-0.15, -0.1) is 5.10 Å². The number of tetrazole rings is 1. The third-order valence-corrected chi connectivity index (χ3v) is 7.63. The van der Waals surface area contributed by atoms with Crippen LogP contribution in [0.15, 0.2) is 40.5 Å². The molecule has 12 heteroatoms. The van der Waals surface area contributed by atoms with Gasteiger partial charge in [-0.25, -0.2) is 9.79 Å². The Morgan fingerprint density at radius 3 is 2.68 bits per heavy atom. The maximum atomic E-state index is 12.8. The number of para-hydroxylation sites is 1. The summed E-state index contributed by atoms with van der Waals surface area (Å²) in [4.78, 5) is 35.8. The first kappa shape index (κ1) is 22.6. The van der Waals surface area contributed by atoms with E-state index < -0.39 is 18.2 Å². The second-order valence-electron chi connectivity index (χ2n) is 8.97. The first-order chi connectivity index (χ1) is 16.5. The van der Waals surface area contributed by atoms with Crippen LogP contribution in [0.4, 0.5) is 4.79 Å². The van der Waals surface area contributed by atoms with Crippen molar-refractivity contribution in [3.05, 3.63) is 30.3 Å². The van der Waals surface area contributed by atoms with Gasteiger partial charge in [-0.05, 0) is 47.7 Å². The van der Waals surface area contributed by atoms with E-state index in [4.69, 9.17) is 4.99 Å². The molecule has 0 saturated carbocycles. The molecule has 2 aromatic rings. The summed E-state index contributed by atoms with van der Waals surface area (Å²) in [5.41, 5.74) is 0.915. The maximum Gasteiger partial charge on any atom is 0.325 e. The van der Waals surface area contributed by atoms with Crippen molar-refractivity contribution >= 4 is 29.7 Å². The summed E-state index contributed by atoms with van der Waals surface area (Å²) in [6, 6.07) is 8.89. The molecule has 0 radical (unpaired) electrons. The van der Waals surface area contributed by atoms with Crippen molar-refractivity contribution in [1.82, 2.24) is 40.2 Å². The number of carbonyl (C=O) groups is 2. The van der Waals surface area contributed by atoms with Gasteiger partial charge in [0.1, 0.15) is 0 Å². The number of fused-ring (bicyclic) bond motifs is 1. The Labute approximate surface area is 202 Å². The molecule has 1 aromatic heterocycles. The molecule has 2 unspecified atom stereocenters. The van der Waals surface area contributed by atoms with Crippen LogP contribution in [0.2, 0.25) is 0 Å². The van der Waals surface area contributed by atoms with Crippen molar-refractivity contribution in [1.29, 1.82) is 0 Å². The quantitative estimate of drug-likeness (QED) is 0.485. The van der Waals surface area contributed by atoms with E-state index in [0.29, 0.717) is 12.5 Å². The first-order valence-corrected chi connectivity index (χ1v) is 12.6. The molecule has 0 spiro atoms. The van der Waals surface area contributed by atoms with Crippen LogP contribution in [0, 0.1) is 5.92 Å². The lowest BCUT2D eigenvalue weighted by Crippen LogP contribution is -2.64. The highest BCUT2D eigenvalue weighted by molar-refractivity contribution is 7.99. The first-order valence-electron chi connectivity index (χ1n) is 11.7.